The van der Waals surface area contributed by atoms with Gasteiger partial charge in [-0.15, -0.1) is 10.2 Å². The van der Waals surface area contributed by atoms with Crippen LogP contribution in [-0.2, 0) is 9.59 Å². The number of anilines is 2. The summed E-state index contributed by atoms with van der Waals surface area (Å²) in [5.41, 5.74) is 7.31. The number of nitrogens with two attached hydrogens (primary N) is 1. The highest BCUT2D eigenvalue weighted by Crippen LogP contribution is 2.38. The zero-order valence-corrected chi connectivity index (χ0v) is 32.9. The monoisotopic (exact) mass is 807 g/mol. The van der Waals surface area contributed by atoms with E-state index in [2.05, 4.69) is 36.3 Å². The number of benzene rings is 2. The van der Waals surface area contributed by atoms with Crippen molar-refractivity contribution in [3.05, 3.63) is 75.9 Å². The standard InChI is InChI=1S/C42H46ClN9O6/c43-34-21-31(7-3-26(34)22-44)58-30-8-4-27(5-9-30)51(28-6-10-32-33(20-28)42(57)52(41(32)56)36-12-14-38(53)46-40(36)55)29-2-1-17-49(24-29)23-25-15-18-50(19-16-25)37-13-11-35(39(45)54)47-48-37/h3,6-7,10-11,13,20-21,25,27,29-30,36H,1-2,4-5,8-9,12,14-19,23-24H2,(H2,45,54)(H,46,53,55)/t27?,29-,30?,36-/m1/s1. The van der Waals surface area contributed by atoms with Crippen molar-refractivity contribution >= 4 is 52.6 Å². The number of halogens is 1. The Morgan fingerprint density at radius 3 is 2.36 bits per heavy atom. The van der Waals surface area contributed by atoms with Crippen molar-refractivity contribution in [2.45, 2.75) is 88.4 Å². The van der Waals surface area contributed by atoms with E-state index in [4.69, 9.17) is 22.1 Å². The molecule has 0 bridgehead atoms. The number of fused-ring (bicyclic) bond motifs is 1. The predicted octanol–water partition coefficient (Wildman–Crippen LogP) is 4.08. The molecule has 8 rings (SSSR count). The molecule has 4 fully saturated rings. The highest BCUT2D eigenvalue weighted by atomic mass is 35.5. The molecule has 3 aromatic rings. The minimum absolute atomic E-state index is 0.0239. The quantitative estimate of drug-likeness (QED) is 0.279. The SMILES string of the molecule is N#Cc1ccc(OC2CCC(N(c3ccc4c(c3)C(=O)N([C@@H]3CCC(=O)NC3=O)C4=O)[C@@H]3CCCN(CC4CCN(c5ccc(C(N)=O)nn5)CC4)C3)CC2)cc1Cl. The minimum Gasteiger partial charge on any atom is -0.490 e. The van der Waals surface area contributed by atoms with Crippen molar-refractivity contribution < 1.29 is 28.7 Å². The number of nitrogens with zero attached hydrogens (tertiary/aromatic N) is 7. The number of nitriles is 1. The maximum Gasteiger partial charge on any atom is 0.269 e. The lowest BCUT2D eigenvalue weighted by atomic mass is 9.88. The maximum absolute atomic E-state index is 13.9. The Labute approximate surface area is 341 Å². The summed E-state index contributed by atoms with van der Waals surface area (Å²) in [6, 6.07) is 15.4. The van der Waals surface area contributed by atoms with Gasteiger partial charge in [0.1, 0.15) is 17.9 Å². The molecular formula is C42H46ClN9O6. The average Bonchev–Trinajstić information content (AvgIpc) is 3.47. The first kappa shape index (κ1) is 39.2. The third-order valence-corrected chi connectivity index (χ3v) is 12.7. The van der Waals surface area contributed by atoms with E-state index in [0.717, 1.165) is 100 Å². The lowest BCUT2D eigenvalue weighted by Crippen LogP contribution is -2.54. The van der Waals surface area contributed by atoms with Gasteiger partial charge in [0.25, 0.3) is 17.7 Å². The van der Waals surface area contributed by atoms with Crippen LogP contribution >= 0.6 is 11.6 Å². The Hall–Kier alpha value is -5.59. The number of carbonyl (C=O) groups is 5. The molecule has 2 aromatic carbocycles. The molecule has 1 aromatic heterocycles. The Morgan fingerprint density at radius 2 is 1.67 bits per heavy atom. The van der Waals surface area contributed by atoms with E-state index in [1.165, 1.54) is 0 Å². The lowest BCUT2D eigenvalue weighted by Gasteiger charge is -2.47. The number of carbonyl (C=O) groups excluding carboxylic acids is 5. The summed E-state index contributed by atoms with van der Waals surface area (Å²) in [4.78, 5) is 71.8. The summed E-state index contributed by atoms with van der Waals surface area (Å²) in [5, 5.41) is 20.1. The van der Waals surface area contributed by atoms with Gasteiger partial charge in [0.05, 0.1) is 27.8 Å². The van der Waals surface area contributed by atoms with Crippen LogP contribution in [0.3, 0.4) is 0 Å². The third kappa shape index (κ3) is 8.08. The fourth-order valence-corrected chi connectivity index (χ4v) is 9.60. The number of hydrogen-bond acceptors (Lipinski definition) is 12. The number of rotatable bonds is 10. The van der Waals surface area contributed by atoms with Crippen molar-refractivity contribution in [3.63, 3.8) is 0 Å². The largest absolute Gasteiger partial charge is 0.490 e. The van der Waals surface area contributed by atoms with Crippen LogP contribution in [0.1, 0.15) is 101 Å². The zero-order valence-electron chi connectivity index (χ0n) is 32.1. The molecule has 0 radical (unpaired) electrons. The molecule has 3 saturated heterocycles. The van der Waals surface area contributed by atoms with Crippen LogP contribution in [0.5, 0.6) is 5.75 Å². The number of nitrogens with one attached hydrogen (secondary N) is 1. The molecule has 302 valence electrons. The summed E-state index contributed by atoms with van der Waals surface area (Å²) in [5.74, 6) is -0.783. The first-order valence-corrected chi connectivity index (χ1v) is 20.5. The number of piperidine rings is 3. The fourth-order valence-electron chi connectivity index (χ4n) is 9.39. The zero-order chi connectivity index (χ0) is 40.5. The van der Waals surface area contributed by atoms with Crippen LogP contribution in [0, 0.1) is 17.2 Å². The number of imide groups is 2. The van der Waals surface area contributed by atoms with E-state index in [1.54, 1.807) is 36.4 Å². The molecule has 0 unspecified atom stereocenters. The molecule has 5 heterocycles. The van der Waals surface area contributed by atoms with E-state index < -0.39 is 35.6 Å². The highest BCUT2D eigenvalue weighted by molar-refractivity contribution is 6.31. The van der Waals surface area contributed by atoms with Gasteiger partial charge in [-0.2, -0.15) is 5.26 Å². The van der Waals surface area contributed by atoms with Gasteiger partial charge in [-0.25, -0.2) is 0 Å². The number of primary amides is 1. The summed E-state index contributed by atoms with van der Waals surface area (Å²) < 4.78 is 6.35. The van der Waals surface area contributed by atoms with Gasteiger partial charge in [-0.3, -0.25) is 34.2 Å². The molecular weight excluding hydrogens is 762 g/mol. The van der Waals surface area contributed by atoms with Crippen LogP contribution in [0.15, 0.2) is 48.5 Å². The molecule has 1 aliphatic carbocycles. The van der Waals surface area contributed by atoms with Gasteiger partial charge in [-0.05, 0) is 113 Å². The van der Waals surface area contributed by atoms with Gasteiger partial charge >= 0.3 is 0 Å². The second kappa shape index (κ2) is 16.7. The summed E-state index contributed by atoms with van der Waals surface area (Å²) in [7, 11) is 0. The molecule has 16 heteroatoms. The van der Waals surface area contributed by atoms with Crippen molar-refractivity contribution in [2.24, 2.45) is 11.7 Å². The Balaban J connectivity index is 0.981. The summed E-state index contributed by atoms with van der Waals surface area (Å²) in [6.45, 7) is 4.51. The van der Waals surface area contributed by atoms with Gasteiger partial charge in [0.2, 0.25) is 11.8 Å². The van der Waals surface area contributed by atoms with Crippen LogP contribution in [0.4, 0.5) is 11.5 Å². The van der Waals surface area contributed by atoms with Crippen LogP contribution in [0.2, 0.25) is 5.02 Å². The summed E-state index contributed by atoms with van der Waals surface area (Å²) in [6.07, 6.45) is 7.43. The van der Waals surface area contributed by atoms with E-state index in [-0.39, 0.29) is 47.9 Å². The molecule has 4 aliphatic heterocycles. The topological polar surface area (TPSA) is 195 Å². The molecule has 5 amide bonds. The second-order valence-electron chi connectivity index (χ2n) is 16.0. The molecule has 2 atom stereocenters. The van der Waals surface area contributed by atoms with E-state index in [0.29, 0.717) is 22.3 Å². The molecule has 58 heavy (non-hydrogen) atoms. The van der Waals surface area contributed by atoms with Crippen molar-refractivity contribution in [1.82, 2.24) is 25.3 Å². The molecule has 1 saturated carbocycles. The first-order chi connectivity index (χ1) is 28.1. The molecule has 3 N–H and O–H groups in total. The number of likely N-dealkylation sites (tertiary alicyclic amines) is 1. The van der Waals surface area contributed by atoms with Gasteiger partial charge in [0.15, 0.2) is 11.5 Å². The van der Waals surface area contributed by atoms with E-state index >= 15 is 0 Å². The van der Waals surface area contributed by atoms with E-state index in [9.17, 15) is 29.2 Å². The third-order valence-electron chi connectivity index (χ3n) is 12.4. The van der Waals surface area contributed by atoms with Crippen LogP contribution in [0.25, 0.3) is 0 Å². The predicted molar refractivity (Wildman–Crippen MR) is 213 cm³/mol. The van der Waals surface area contributed by atoms with Crippen molar-refractivity contribution in [3.8, 4) is 11.8 Å². The fraction of sp³-hybridized carbons (Fsp3) is 0.476. The maximum atomic E-state index is 13.9. The molecule has 5 aliphatic rings. The summed E-state index contributed by atoms with van der Waals surface area (Å²) >= 11 is 6.30. The normalized spacial score (nSPS) is 24.3. The lowest BCUT2D eigenvalue weighted by molar-refractivity contribution is -0.136. The number of amides is 5. The van der Waals surface area contributed by atoms with Crippen LogP contribution < -0.4 is 25.6 Å². The minimum atomic E-state index is -1.03. The van der Waals surface area contributed by atoms with Crippen molar-refractivity contribution in [2.75, 3.05) is 42.5 Å². The average molecular weight is 808 g/mol. The Morgan fingerprint density at radius 1 is 0.897 bits per heavy atom. The first-order valence-electron chi connectivity index (χ1n) is 20.2. The van der Waals surface area contributed by atoms with Crippen molar-refractivity contribution in [1.29, 1.82) is 5.26 Å². The number of ether oxygens (including phenoxy) is 1. The Kier molecular flexibility index (Phi) is 11.3. The highest BCUT2D eigenvalue weighted by Gasteiger charge is 2.45. The van der Waals surface area contributed by atoms with Gasteiger partial charge < -0.3 is 25.2 Å². The molecule has 15 nitrogen and oxygen atoms in total. The Bertz CT molecular complexity index is 2140. The smallest absolute Gasteiger partial charge is 0.269 e. The van der Waals surface area contributed by atoms with Gasteiger partial charge in [-0.1, -0.05) is 11.6 Å². The van der Waals surface area contributed by atoms with Gasteiger partial charge in [0, 0.05) is 56.4 Å². The van der Waals surface area contributed by atoms with Crippen LogP contribution in [-0.4, -0.2) is 106 Å². The number of aromatic nitrogens is 2. The molecule has 0 spiro atoms. The second-order valence-corrected chi connectivity index (χ2v) is 16.4. The number of hydrogen-bond donors (Lipinski definition) is 2. The van der Waals surface area contributed by atoms with E-state index in [1.807, 2.05) is 12.1 Å².